The van der Waals surface area contributed by atoms with Crippen LogP contribution in [0.1, 0.15) is 16.1 Å². The summed E-state index contributed by atoms with van der Waals surface area (Å²) in [5.41, 5.74) is 2.87. The largest absolute Gasteiger partial charge is 0.336 e. The van der Waals surface area contributed by atoms with Crippen LogP contribution in [0.25, 0.3) is 21.9 Å². The minimum atomic E-state index is -3.69. The van der Waals surface area contributed by atoms with Crippen LogP contribution in [0.5, 0.6) is 0 Å². The lowest BCUT2D eigenvalue weighted by Gasteiger charge is -2.34. The van der Waals surface area contributed by atoms with Crippen molar-refractivity contribution in [3.63, 3.8) is 0 Å². The number of aromatic nitrogens is 1. The van der Waals surface area contributed by atoms with Crippen LogP contribution in [0.2, 0.25) is 5.02 Å². The van der Waals surface area contributed by atoms with Crippen LogP contribution in [0.4, 0.5) is 0 Å². The maximum absolute atomic E-state index is 13.3. The highest BCUT2D eigenvalue weighted by Crippen LogP contribution is 2.26. The number of amides is 1. The van der Waals surface area contributed by atoms with Gasteiger partial charge in [0.2, 0.25) is 10.0 Å². The second-order valence-corrected chi connectivity index (χ2v) is 11.1. The first-order valence-corrected chi connectivity index (χ1v) is 13.5. The minimum absolute atomic E-state index is 0.00183. The van der Waals surface area contributed by atoms with Crippen molar-refractivity contribution >= 4 is 38.3 Å². The Labute approximate surface area is 219 Å². The average Bonchev–Trinajstić information content (AvgIpc) is 2.93. The van der Waals surface area contributed by atoms with Crippen molar-refractivity contribution in [1.82, 2.24) is 14.2 Å². The molecule has 188 valence electrons. The van der Waals surface area contributed by atoms with E-state index < -0.39 is 10.0 Å². The van der Waals surface area contributed by atoms with Crippen LogP contribution in [0.15, 0.2) is 89.1 Å². The predicted octanol–water partition coefficient (Wildman–Crippen LogP) is 4.97. The zero-order chi connectivity index (χ0) is 26.0. The number of sulfonamides is 1. The van der Waals surface area contributed by atoms with Crippen molar-refractivity contribution in [2.45, 2.75) is 11.4 Å². The molecule has 3 aromatic carbocycles. The van der Waals surface area contributed by atoms with E-state index in [4.69, 9.17) is 11.6 Å². The summed E-state index contributed by atoms with van der Waals surface area (Å²) >= 11 is 6.03. The van der Waals surface area contributed by atoms with Crippen molar-refractivity contribution in [3.8, 4) is 11.1 Å². The summed E-state index contributed by atoms with van der Waals surface area (Å²) < 4.78 is 27.9. The van der Waals surface area contributed by atoms with Gasteiger partial charge in [-0.2, -0.15) is 9.21 Å². The summed E-state index contributed by atoms with van der Waals surface area (Å²) in [7, 11) is -3.69. The number of rotatable bonds is 6. The number of benzene rings is 3. The van der Waals surface area contributed by atoms with Crippen LogP contribution in [-0.4, -0.2) is 54.7 Å². The van der Waals surface area contributed by atoms with Gasteiger partial charge in [0.15, 0.2) is 0 Å². The third-order valence-electron chi connectivity index (χ3n) is 6.45. The molecule has 0 unspecified atom stereocenters. The zero-order valence-electron chi connectivity index (χ0n) is 19.7. The number of pyridine rings is 1. The molecule has 0 saturated carbocycles. The van der Waals surface area contributed by atoms with Gasteiger partial charge < -0.3 is 4.90 Å². The third-order valence-corrected chi connectivity index (χ3v) is 8.58. The summed E-state index contributed by atoms with van der Waals surface area (Å²) in [6.07, 6.45) is 1.62. The van der Waals surface area contributed by atoms with Gasteiger partial charge >= 0.3 is 0 Å². The number of halogens is 1. The fourth-order valence-electron chi connectivity index (χ4n) is 4.43. The number of nitroso groups, excluding NO2 is 1. The maximum Gasteiger partial charge on any atom is 0.253 e. The van der Waals surface area contributed by atoms with E-state index in [0.29, 0.717) is 29.4 Å². The second-order valence-electron chi connectivity index (χ2n) is 8.75. The summed E-state index contributed by atoms with van der Waals surface area (Å²) in [5, 5.41) is 5.14. The molecule has 8 nitrogen and oxygen atoms in total. The monoisotopic (exact) mass is 534 g/mol. The Balaban J connectivity index is 1.25. The van der Waals surface area contributed by atoms with Gasteiger partial charge in [0.25, 0.3) is 5.91 Å². The van der Waals surface area contributed by atoms with Crippen LogP contribution < -0.4 is 0 Å². The van der Waals surface area contributed by atoms with Gasteiger partial charge in [0.1, 0.15) is 6.54 Å². The molecule has 1 aromatic heterocycles. The Kier molecular flexibility index (Phi) is 7.01. The first-order valence-electron chi connectivity index (χ1n) is 11.7. The van der Waals surface area contributed by atoms with Crippen LogP contribution in [0, 0.1) is 4.91 Å². The van der Waals surface area contributed by atoms with E-state index in [9.17, 15) is 18.1 Å². The summed E-state index contributed by atoms with van der Waals surface area (Å²) in [6.45, 7) is 1.04. The Hall–Kier alpha value is -3.66. The van der Waals surface area contributed by atoms with E-state index in [0.717, 1.165) is 21.9 Å². The molecular weight excluding hydrogens is 512 g/mol. The van der Waals surface area contributed by atoms with Gasteiger partial charge in [0.05, 0.1) is 10.6 Å². The molecule has 4 aromatic rings. The Morgan fingerprint density at radius 3 is 2.30 bits per heavy atom. The molecule has 0 bridgehead atoms. The molecule has 2 heterocycles. The number of hydrogen-bond acceptors (Lipinski definition) is 6. The Morgan fingerprint density at radius 2 is 1.57 bits per heavy atom. The number of carbonyl (C=O) groups is 1. The van der Waals surface area contributed by atoms with Crippen molar-refractivity contribution in [1.29, 1.82) is 0 Å². The molecular formula is C27H23ClN4O4S. The van der Waals surface area contributed by atoms with E-state index in [2.05, 4.69) is 10.2 Å². The van der Waals surface area contributed by atoms with E-state index in [1.165, 1.54) is 4.31 Å². The lowest BCUT2D eigenvalue weighted by Crippen LogP contribution is -2.50. The highest BCUT2D eigenvalue weighted by molar-refractivity contribution is 7.89. The molecule has 0 atom stereocenters. The van der Waals surface area contributed by atoms with E-state index in [-0.39, 0.29) is 30.4 Å². The molecule has 1 aliphatic heterocycles. The van der Waals surface area contributed by atoms with Crippen LogP contribution >= 0.6 is 11.6 Å². The smallest absolute Gasteiger partial charge is 0.253 e. The second kappa shape index (κ2) is 10.4. The van der Waals surface area contributed by atoms with Crippen molar-refractivity contribution in [2.75, 3.05) is 26.2 Å². The summed E-state index contributed by atoms with van der Waals surface area (Å²) in [4.78, 5) is 29.6. The quantitative estimate of drug-likeness (QED) is 0.325. The van der Waals surface area contributed by atoms with E-state index in [1.807, 2.05) is 18.2 Å². The number of carbonyl (C=O) groups excluding carboxylic acids is 1. The lowest BCUT2D eigenvalue weighted by atomic mass is 10.0. The normalized spacial score (nSPS) is 14.6. The topological polar surface area (TPSA) is 100 Å². The van der Waals surface area contributed by atoms with Gasteiger partial charge in [-0.05, 0) is 70.4 Å². The molecule has 10 heteroatoms. The molecule has 1 aliphatic rings. The molecule has 0 radical (unpaired) electrons. The first-order chi connectivity index (χ1) is 17.8. The first kappa shape index (κ1) is 25.0. The molecule has 0 N–H and O–H groups in total. The lowest BCUT2D eigenvalue weighted by molar-refractivity contribution is 0.0698. The Bertz CT molecular complexity index is 1580. The molecule has 1 saturated heterocycles. The highest BCUT2D eigenvalue weighted by Gasteiger charge is 2.30. The minimum Gasteiger partial charge on any atom is -0.336 e. The molecule has 0 aliphatic carbocycles. The van der Waals surface area contributed by atoms with Crippen molar-refractivity contribution < 1.29 is 13.2 Å². The van der Waals surface area contributed by atoms with Crippen molar-refractivity contribution in [2.24, 2.45) is 5.18 Å². The standard InChI is InChI=1S/C27H23ClN4O4S/c28-24-7-5-22-17-26(8-6-21(22)15-24)37(35,36)32-13-11-31(12-14-32)27(33)20-3-1-19(2-4-20)23-9-10-29-25(16-23)18-30-34/h1-10,15-17H,11-14,18H2. The summed E-state index contributed by atoms with van der Waals surface area (Å²) in [5.74, 6) is -0.147. The van der Waals surface area contributed by atoms with Gasteiger partial charge in [-0.1, -0.05) is 41.0 Å². The van der Waals surface area contributed by atoms with Gasteiger partial charge in [-0.15, -0.1) is 0 Å². The number of fused-ring (bicyclic) bond motifs is 1. The SMILES string of the molecule is O=NCc1cc(-c2ccc(C(=O)N3CCN(S(=O)(=O)c4ccc5cc(Cl)ccc5c4)CC3)cc2)ccn1. The van der Waals surface area contributed by atoms with E-state index in [1.54, 1.807) is 65.7 Å². The molecule has 1 fully saturated rings. The fourth-order valence-corrected chi connectivity index (χ4v) is 6.07. The highest BCUT2D eigenvalue weighted by atomic mass is 35.5. The Morgan fingerprint density at radius 1 is 0.865 bits per heavy atom. The average molecular weight is 535 g/mol. The number of nitrogens with zero attached hydrogens (tertiary/aromatic N) is 4. The molecule has 1 amide bonds. The van der Waals surface area contributed by atoms with E-state index >= 15 is 0 Å². The van der Waals surface area contributed by atoms with Crippen LogP contribution in [-0.2, 0) is 16.6 Å². The van der Waals surface area contributed by atoms with Gasteiger partial charge in [-0.25, -0.2) is 8.42 Å². The third kappa shape index (κ3) is 5.24. The van der Waals surface area contributed by atoms with Crippen molar-refractivity contribution in [3.05, 3.63) is 100 Å². The number of hydrogen-bond donors (Lipinski definition) is 0. The number of piperazine rings is 1. The molecule has 37 heavy (non-hydrogen) atoms. The van der Waals surface area contributed by atoms with Gasteiger partial charge in [-0.3, -0.25) is 9.78 Å². The predicted molar refractivity (Wildman–Crippen MR) is 143 cm³/mol. The molecule has 0 spiro atoms. The summed E-state index contributed by atoms with van der Waals surface area (Å²) in [6, 6.07) is 21.1. The zero-order valence-corrected chi connectivity index (χ0v) is 21.3. The maximum atomic E-state index is 13.3. The van der Waals surface area contributed by atoms with Gasteiger partial charge in [0, 0.05) is 43.0 Å². The molecule has 5 rings (SSSR count). The van der Waals surface area contributed by atoms with Crippen LogP contribution in [0.3, 0.4) is 0 Å². The fraction of sp³-hybridized carbons (Fsp3) is 0.185.